The molecule has 238 valence electrons. The molecule has 0 atom stereocenters. The quantitative estimate of drug-likeness (QED) is 0.0967. The highest BCUT2D eigenvalue weighted by Gasteiger charge is 2.12. The highest BCUT2D eigenvalue weighted by atomic mass is 16.5. The lowest BCUT2D eigenvalue weighted by Crippen LogP contribution is -2.24. The van der Waals surface area contributed by atoms with E-state index in [-0.39, 0.29) is 11.1 Å². The van der Waals surface area contributed by atoms with Gasteiger partial charge in [0, 0.05) is 6.54 Å². The highest BCUT2D eigenvalue weighted by Crippen LogP contribution is 2.23. The second kappa shape index (κ2) is 18.2. The molecule has 0 bridgehead atoms. The lowest BCUT2D eigenvalue weighted by atomic mass is 10.0. The van der Waals surface area contributed by atoms with Crippen molar-refractivity contribution in [1.82, 2.24) is 20.0 Å². The van der Waals surface area contributed by atoms with Gasteiger partial charge in [-0.05, 0) is 61.9 Å². The van der Waals surface area contributed by atoms with Gasteiger partial charge in [-0.3, -0.25) is 9.59 Å². The molecule has 0 spiro atoms. The highest BCUT2D eigenvalue weighted by molar-refractivity contribution is 5.86. The summed E-state index contributed by atoms with van der Waals surface area (Å²) in [6.45, 7) is 6.20. The van der Waals surface area contributed by atoms with E-state index in [0.717, 1.165) is 74.1 Å². The van der Waals surface area contributed by atoms with Gasteiger partial charge in [-0.2, -0.15) is 0 Å². The van der Waals surface area contributed by atoms with Crippen molar-refractivity contribution in [3.8, 4) is 11.8 Å². The number of ether oxygens (including phenoxy) is 2. The maximum absolute atomic E-state index is 13.1. The molecule has 0 radical (unpaired) electrons. The second-order valence-electron chi connectivity index (χ2n) is 11.8. The summed E-state index contributed by atoms with van der Waals surface area (Å²) in [5.74, 6) is 1.05. The molecule has 8 nitrogen and oxygen atoms in total. The standard InChI is InChI=1S/C36H50N4O4/c1-3-5-7-9-12-18-25-43-34-30-23-22-28(27-32(30)33(41)37-38-34)19-13-10-11-16-24-40-36(42)31-21-15-14-20-29(31)35(39-40)44-26-17-8-6-4-2/h14-15,20-23,27H,3-13,16-19,24-26H2,1-2H3,(H,37,41). The molecular formula is C36H50N4O4. The summed E-state index contributed by atoms with van der Waals surface area (Å²) in [5, 5.41) is 14.2. The van der Waals surface area contributed by atoms with Crippen LogP contribution in [0.3, 0.4) is 0 Å². The summed E-state index contributed by atoms with van der Waals surface area (Å²) in [6.07, 6.45) is 16.4. The Labute approximate surface area is 261 Å². The molecule has 4 rings (SSSR count). The third-order valence-electron chi connectivity index (χ3n) is 8.21. The van der Waals surface area contributed by atoms with E-state index < -0.39 is 0 Å². The molecule has 0 amide bonds. The van der Waals surface area contributed by atoms with E-state index in [2.05, 4.69) is 35.2 Å². The van der Waals surface area contributed by atoms with Gasteiger partial charge < -0.3 is 9.47 Å². The molecule has 2 heterocycles. The van der Waals surface area contributed by atoms with Crippen LogP contribution in [0.4, 0.5) is 0 Å². The number of rotatable bonds is 21. The van der Waals surface area contributed by atoms with Gasteiger partial charge in [0.05, 0.1) is 34.8 Å². The lowest BCUT2D eigenvalue weighted by Gasteiger charge is -2.12. The van der Waals surface area contributed by atoms with E-state index in [0.29, 0.717) is 42.3 Å². The normalized spacial score (nSPS) is 11.4. The van der Waals surface area contributed by atoms with Gasteiger partial charge in [0.25, 0.3) is 11.1 Å². The number of nitrogens with one attached hydrogen (secondary N) is 1. The molecule has 1 N–H and O–H groups in total. The number of aryl methyl sites for hydroxylation is 2. The fourth-order valence-corrected chi connectivity index (χ4v) is 5.61. The lowest BCUT2D eigenvalue weighted by molar-refractivity contribution is 0.287. The van der Waals surface area contributed by atoms with E-state index in [9.17, 15) is 9.59 Å². The molecule has 0 aliphatic rings. The first-order chi connectivity index (χ1) is 21.6. The number of nitrogens with zero attached hydrogens (tertiary/aromatic N) is 3. The first-order valence-corrected chi connectivity index (χ1v) is 16.9. The van der Waals surface area contributed by atoms with Gasteiger partial charge in [-0.15, -0.1) is 10.2 Å². The largest absolute Gasteiger partial charge is 0.476 e. The van der Waals surface area contributed by atoms with Crippen LogP contribution in [0.1, 0.15) is 109 Å². The van der Waals surface area contributed by atoms with Crippen LogP contribution in [0.2, 0.25) is 0 Å². The van der Waals surface area contributed by atoms with E-state index in [4.69, 9.17) is 9.47 Å². The van der Waals surface area contributed by atoms with E-state index in [1.165, 1.54) is 38.5 Å². The van der Waals surface area contributed by atoms with Crippen LogP contribution in [0.5, 0.6) is 11.8 Å². The average Bonchev–Trinajstić information content (AvgIpc) is 3.05. The number of fused-ring (bicyclic) bond motifs is 2. The van der Waals surface area contributed by atoms with Crippen LogP contribution in [-0.2, 0) is 13.0 Å². The molecule has 0 saturated carbocycles. The van der Waals surface area contributed by atoms with Crippen molar-refractivity contribution in [2.45, 2.75) is 117 Å². The van der Waals surface area contributed by atoms with Gasteiger partial charge in [0.2, 0.25) is 11.8 Å². The monoisotopic (exact) mass is 602 g/mol. The van der Waals surface area contributed by atoms with Crippen LogP contribution >= 0.6 is 0 Å². The molecule has 44 heavy (non-hydrogen) atoms. The molecule has 0 aliphatic carbocycles. The molecule has 4 aromatic rings. The van der Waals surface area contributed by atoms with Crippen LogP contribution in [-0.4, -0.2) is 33.2 Å². The Balaban J connectivity index is 1.25. The summed E-state index contributed by atoms with van der Waals surface area (Å²) >= 11 is 0. The Morgan fingerprint density at radius 1 is 0.659 bits per heavy atom. The Hall–Kier alpha value is -3.68. The zero-order valence-electron chi connectivity index (χ0n) is 26.7. The van der Waals surface area contributed by atoms with Gasteiger partial charge >= 0.3 is 0 Å². The number of aromatic amines is 1. The molecular weight excluding hydrogens is 552 g/mol. The third kappa shape index (κ3) is 9.66. The van der Waals surface area contributed by atoms with Gasteiger partial charge in [-0.25, -0.2) is 9.78 Å². The maximum Gasteiger partial charge on any atom is 0.274 e. The summed E-state index contributed by atoms with van der Waals surface area (Å²) in [4.78, 5) is 25.6. The van der Waals surface area contributed by atoms with Crippen molar-refractivity contribution in [1.29, 1.82) is 0 Å². The average molecular weight is 603 g/mol. The molecule has 0 aliphatic heterocycles. The fourth-order valence-electron chi connectivity index (χ4n) is 5.61. The molecule has 0 saturated heterocycles. The first-order valence-electron chi connectivity index (χ1n) is 16.9. The molecule has 2 aromatic heterocycles. The molecule has 0 fully saturated rings. The Morgan fingerprint density at radius 3 is 2.05 bits per heavy atom. The first kappa shape index (κ1) is 33.2. The summed E-state index contributed by atoms with van der Waals surface area (Å²) in [5.41, 5.74) is 0.876. The fraction of sp³-hybridized carbons (Fsp3) is 0.556. The van der Waals surface area contributed by atoms with Crippen molar-refractivity contribution in [2.75, 3.05) is 13.2 Å². The Kier molecular flexibility index (Phi) is 13.7. The maximum atomic E-state index is 13.1. The van der Waals surface area contributed by atoms with Gasteiger partial charge in [-0.1, -0.05) is 96.3 Å². The topological polar surface area (TPSA) is 99.1 Å². The smallest absolute Gasteiger partial charge is 0.274 e. The van der Waals surface area contributed by atoms with Crippen LogP contribution in [0.15, 0.2) is 52.1 Å². The zero-order valence-corrected chi connectivity index (χ0v) is 26.7. The van der Waals surface area contributed by atoms with Gasteiger partial charge in [0.15, 0.2) is 0 Å². The van der Waals surface area contributed by atoms with E-state index in [1.807, 2.05) is 36.4 Å². The van der Waals surface area contributed by atoms with Crippen LogP contribution < -0.4 is 20.6 Å². The van der Waals surface area contributed by atoms with Crippen LogP contribution in [0.25, 0.3) is 21.5 Å². The predicted molar refractivity (Wildman–Crippen MR) is 179 cm³/mol. The van der Waals surface area contributed by atoms with Crippen LogP contribution in [0, 0.1) is 0 Å². The minimum absolute atomic E-state index is 0.0647. The second-order valence-corrected chi connectivity index (χ2v) is 11.8. The minimum Gasteiger partial charge on any atom is -0.476 e. The Bertz CT molecular complexity index is 1560. The number of hydrogen-bond acceptors (Lipinski definition) is 6. The zero-order chi connectivity index (χ0) is 31.0. The predicted octanol–water partition coefficient (Wildman–Crippen LogP) is 8.13. The molecule has 2 aromatic carbocycles. The number of hydrogen-bond donors (Lipinski definition) is 1. The molecule has 0 unspecified atom stereocenters. The van der Waals surface area contributed by atoms with Crippen molar-refractivity contribution >= 4 is 21.5 Å². The molecule has 8 heteroatoms. The number of benzene rings is 2. The summed E-state index contributed by atoms with van der Waals surface area (Å²) < 4.78 is 13.5. The van der Waals surface area contributed by atoms with E-state index >= 15 is 0 Å². The van der Waals surface area contributed by atoms with Crippen molar-refractivity contribution in [3.63, 3.8) is 0 Å². The minimum atomic E-state index is -0.189. The Morgan fingerprint density at radius 2 is 1.27 bits per heavy atom. The number of unbranched alkanes of at least 4 members (excludes halogenated alkanes) is 11. The van der Waals surface area contributed by atoms with Crippen molar-refractivity contribution in [3.05, 3.63) is 68.7 Å². The number of aromatic nitrogens is 4. The SMILES string of the molecule is CCCCCCCCOc1n[nH]c(=O)c2cc(CCCCCCn3nc(OCCCCCC)c4ccccc4c3=O)ccc12. The summed E-state index contributed by atoms with van der Waals surface area (Å²) in [6, 6.07) is 13.6. The number of H-pyrrole nitrogens is 1. The van der Waals surface area contributed by atoms with Crippen molar-refractivity contribution in [2.24, 2.45) is 0 Å². The van der Waals surface area contributed by atoms with Gasteiger partial charge in [0.1, 0.15) is 0 Å². The van der Waals surface area contributed by atoms with E-state index in [1.54, 1.807) is 4.68 Å². The third-order valence-corrected chi connectivity index (χ3v) is 8.21. The summed E-state index contributed by atoms with van der Waals surface area (Å²) in [7, 11) is 0. The van der Waals surface area contributed by atoms with Crippen molar-refractivity contribution < 1.29 is 9.47 Å².